The lowest BCUT2D eigenvalue weighted by molar-refractivity contribution is 0.0523. The van der Waals surface area contributed by atoms with Crippen molar-refractivity contribution >= 4 is 10.0 Å². The Hall–Kier alpha value is -1.11. The normalized spacial score (nSPS) is 14.1. The molecule has 1 rings (SSSR count). The average molecular weight is 287 g/mol. The summed E-state index contributed by atoms with van der Waals surface area (Å²) < 4.78 is 31.3. The van der Waals surface area contributed by atoms with Crippen molar-refractivity contribution in [3.05, 3.63) is 30.3 Å². The van der Waals surface area contributed by atoms with Crippen molar-refractivity contribution in [1.29, 1.82) is 0 Å². The monoisotopic (exact) mass is 287 g/mol. The highest BCUT2D eigenvalue weighted by Crippen LogP contribution is 2.10. The van der Waals surface area contributed by atoms with Gasteiger partial charge in [0.25, 0.3) is 0 Å². The van der Waals surface area contributed by atoms with Gasteiger partial charge in [-0.1, -0.05) is 18.2 Å². The second-order valence-corrected chi connectivity index (χ2v) is 6.85. The number of nitrogens with one attached hydrogen (secondary N) is 1. The van der Waals surface area contributed by atoms with Crippen LogP contribution in [0.15, 0.2) is 30.3 Å². The van der Waals surface area contributed by atoms with Crippen molar-refractivity contribution in [1.82, 2.24) is 4.72 Å². The number of ether oxygens (including phenoxy) is 1. The van der Waals surface area contributed by atoms with Gasteiger partial charge in [-0.3, -0.25) is 0 Å². The third kappa shape index (κ3) is 6.04. The fourth-order valence-electron chi connectivity index (χ4n) is 1.26. The number of rotatable bonds is 7. The van der Waals surface area contributed by atoms with E-state index in [4.69, 9.17) is 4.74 Å². The second-order valence-electron chi connectivity index (χ2n) is 4.97. The zero-order valence-electron chi connectivity index (χ0n) is 11.5. The molecule has 0 heterocycles. The van der Waals surface area contributed by atoms with E-state index in [2.05, 4.69) is 4.72 Å². The summed E-state index contributed by atoms with van der Waals surface area (Å²) in [7, 11) is -3.47. The van der Waals surface area contributed by atoms with Crippen molar-refractivity contribution in [2.24, 2.45) is 0 Å². The molecule has 0 fully saturated rings. The van der Waals surface area contributed by atoms with Crippen LogP contribution in [0, 0.1) is 0 Å². The van der Waals surface area contributed by atoms with Gasteiger partial charge in [-0.25, -0.2) is 13.1 Å². The summed E-state index contributed by atoms with van der Waals surface area (Å²) in [6.07, 6.45) is 0. The highest BCUT2D eigenvalue weighted by molar-refractivity contribution is 7.89. The maximum atomic E-state index is 11.8. The van der Waals surface area contributed by atoms with Gasteiger partial charge in [0.2, 0.25) is 10.0 Å². The Bertz CT molecular complexity index is 479. The van der Waals surface area contributed by atoms with E-state index in [1.165, 1.54) is 0 Å². The zero-order chi connectivity index (χ0) is 14.5. The predicted molar refractivity (Wildman–Crippen MR) is 74.6 cm³/mol. The minimum atomic E-state index is -3.47. The molecule has 0 spiro atoms. The van der Waals surface area contributed by atoms with Crippen LogP contribution >= 0.6 is 0 Å². The van der Waals surface area contributed by atoms with E-state index < -0.39 is 21.7 Å². The molecule has 0 saturated heterocycles. The number of aliphatic hydroxyl groups is 1. The summed E-state index contributed by atoms with van der Waals surface area (Å²) in [5.74, 6) is 0.482. The van der Waals surface area contributed by atoms with Gasteiger partial charge < -0.3 is 9.84 Å². The van der Waals surface area contributed by atoms with Gasteiger partial charge in [0, 0.05) is 6.04 Å². The molecule has 0 aliphatic heterocycles. The lowest BCUT2D eigenvalue weighted by Gasteiger charge is -2.26. The van der Waals surface area contributed by atoms with E-state index in [0.717, 1.165) is 0 Å². The van der Waals surface area contributed by atoms with Crippen molar-refractivity contribution in [2.75, 3.05) is 12.4 Å². The van der Waals surface area contributed by atoms with Gasteiger partial charge in [-0.2, -0.15) is 0 Å². The summed E-state index contributed by atoms with van der Waals surface area (Å²) in [6.45, 7) is 4.80. The lowest BCUT2D eigenvalue weighted by atomic mass is 10.0. The molecule has 1 atom stereocenters. The minimum absolute atomic E-state index is 0.0674. The van der Waals surface area contributed by atoms with Crippen LogP contribution in [0.1, 0.15) is 20.8 Å². The Kier molecular flexibility index (Phi) is 5.34. The lowest BCUT2D eigenvalue weighted by Crippen LogP contribution is -2.48. The van der Waals surface area contributed by atoms with E-state index in [1.807, 2.05) is 18.2 Å². The minimum Gasteiger partial charge on any atom is -0.492 e. The van der Waals surface area contributed by atoms with Crippen LogP contribution in [0.25, 0.3) is 0 Å². The van der Waals surface area contributed by atoms with Crippen molar-refractivity contribution in [3.8, 4) is 5.75 Å². The molecule has 0 saturated carbocycles. The first-order valence-corrected chi connectivity index (χ1v) is 7.76. The first kappa shape index (κ1) is 15.9. The first-order valence-electron chi connectivity index (χ1n) is 6.11. The second kappa shape index (κ2) is 6.36. The Morgan fingerprint density at radius 2 is 1.89 bits per heavy atom. The van der Waals surface area contributed by atoms with Crippen LogP contribution in [0.5, 0.6) is 5.75 Å². The Morgan fingerprint density at radius 3 is 2.42 bits per heavy atom. The van der Waals surface area contributed by atoms with Crippen molar-refractivity contribution in [2.45, 2.75) is 32.4 Å². The summed E-state index contributed by atoms with van der Waals surface area (Å²) in [5, 5.41) is 9.69. The molecule has 6 heteroatoms. The molecule has 0 amide bonds. The number of sulfonamides is 1. The SMILES string of the molecule is CC(NS(=O)(=O)CCOc1ccccc1)C(C)(C)O. The molecule has 0 aliphatic carbocycles. The summed E-state index contributed by atoms with van der Waals surface area (Å²) in [5.41, 5.74) is -1.10. The average Bonchev–Trinajstić information content (AvgIpc) is 2.28. The maximum absolute atomic E-state index is 11.8. The van der Waals surface area contributed by atoms with E-state index in [1.54, 1.807) is 32.9 Å². The summed E-state index contributed by atoms with van der Waals surface area (Å²) >= 11 is 0. The highest BCUT2D eigenvalue weighted by atomic mass is 32.2. The maximum Gasteiger partial charge on any atom is 0.215 e. The van der Waals surface area contributed by atoms with Gasteiger partial charge in [-0.15, -0.1) is 0 Å². The molecule has 0 aliphatic rings. The van der Waals surface area contributed by atoms with Crippen LogP contribution in [0.2, 0.25) is 0 Å². The first-order chi connectivity index (χ1) is 8.71. The Labute approximate surface area is 114 Å². The van der Waals surface area contributed by atoms with Crippen LogP contribution in [0.3, 0.4) is 0 Å². The number of hydrogen-bond donors (Lipinski definition) is 2. The Balaban J connectivity index is 2.44. The molecule has 1 aromatic rings. The van der Waals surface area contributed by atoms with Crippen molar-refractivity contribution < 1.29 is 18.3 Å². The molecule has 2 N–H and O–H groups in total. The summed E-state index contributed by atoms with van der Waals surface area (Å²) in [6, 6.07) is 8.46. The number of hydrogen-bond acceptors (Lipinski definition) is 4. The Morgan fingerprint density at radius 1 is 1.32 bits per heavy atom. The molecule has 0 aromatic heterocycles. The zero-order valence-corrected chi connectivity index (χ0v) is 12.3. The molecular formula is C13H21NO4S. The number of para-hydroxylation sites is 1. The molecule has 19 heavy (non-hydrogen) atoms. The molecule has 5 nitrogen and oxygen atoms in total. The van der Waals surface area contributed by atoms with Gasteiger partial charge in [0.1, 0.15) is 12.4 Å². The van der Waals surface area contributed by atoms with E-state index in [-0.39, 0.29) is 12.4 Å². The predicted octanol–water partition coefficient (Wildman–Crippen LogP) is 1.14. The van der Waals surface area contributed by atoms with Gasteiger partial charge >= 0.3 is 0 Å². The van der Waals surface area contributed by atoms with Gasteiger partial charge in [0.05, 0.1) is 11.4 Å². The summed E-state index contributed by atoms with van der Waals surface area (Å²) in [4.78, 5) is 0. The number of benzene rings is 1. The van der Waals surface area contributed by atoms with Crippen LogP contribution in [-0.4, -0.2) is 37.5 Å². The van der Waals surface area contributed by atoms with E-state index in [0.29, 0.717) is 5.75 Å². The molecule has 1 unspecified atom stereocenters. The van der Waals surface area contributed by atoms with Crippen LogP contribution < -0.4 is 9.46 Å². The van der Waals surface area contributed by atoms with E-state index in [9.17, 15) is 13.5 Å². The molecule has 0 bridgehead atoms. The topological polar surface area (TPSA) is 75.6 Å². The van der Waals surface area contributed by atoms with Gasteiger partial charge in [0.15, 0.2) is 0 Å². The fourth-order valence-corrected chi connectivity index (χ4v) is 2.51. The molecule has 108 valence electrons. The molecular weight excluding hydrogens is 266 g/mol. The highest BCUT2D eigenvalue weighted by Gasteiger charge is 2.26. The fraction of sp³-hybridized carbons (Fsp3) is 0.538. The smallest absolute Gasteiger partial charge is 0.215 e. The third-order valence-corrected chi connectivity index (χ3v) is 4.20. The van der Waals surface area contributed by atoms with Crippen LogP contribution in [0.4, 0.5) is 0 Å². The molecule has 1 aromatic carbocycles. The van der Waals surface area contributed by atoms with Crippen molar-refractivity contribution in [3.63, 3.8) is 0 Å². The van der Waals surface area contributed by atoms with Gasteiger partial charge in [-0.05, 0) is 32.9 Å². The van der Waals surface area contributed by atoms with E-state index >= 15 is 0 Å². The quantitative estimate of drug-likeness (QED) is 0.788. The standard InChI is InChI=1S/C13H21NO4S/c1-11(13(2,3)15)14-19(16,17)10-9-18-12-7-5-4-6-8-12/h4-8,11,14-15H,9-10H2,1-3H3. The molecule has 0 radical (unpaired) electrons. The van der Waals surface area contributed by atoms with Crippen LogP contribution in [-0.2, 0) is 10.0 Å². The third-order valence-electron chi connectivity index (χ3n) is 2.78. The largest absolute Gasteiger partial charge is 0.492 e.